The minimum Gasteiger partial charge on any atom is -0.300 e. The van der Waals surface area contributed by atoms with Crippen LogP contribution < -0.4 is 5.32 Å². The van der Waals surface area contributed by atoms with E-state index in [1.54, 1.807) is 36.0 Å². The molecule has 0 saturated heterocycles. The number of anilines is 1. The molecule has 6 nitrogen and oxygen atoms in total. The van der Waals surface area contributed by atoms with Gasteiger partial charge < -0.3 is 0 Å². The minimum atomic E-state index is -3.55. The van der Waals surface area contributed by atoms with Crippen molar-refractivity contribution in [1.29, 1.82) is 0 Å². The summed E-state index contributed by atoms with van der Waals surface area (Å²) in [7, 11) is -3.55. The zero-order valence-corrected chi connectivity index (χ0v) is 16.7. The van der Waals surface area contributed by atoms with Crippen molar-refractivity contribution in [1.82, 2.24) is 10.2 Å². The Labute approximate surface area is 166 Å². The Bertz CT molecular complexity index is 990. The molecule has 27 heavy (non-hydrogen) atoms. The monoisotopic (exact) mass is 419 g/mol. The number of thioether (sulfide) groups is 1. The fourth-order valence-corrected chi connectivity index (χ4v) is 5.19. The van der Waals surface area contributed by atoms with Gasteiger partial charge in [-0.3, -0.25) is 10.1 Å². The molecular formula is C18H17N3O3S3. The van der Waals surface area contributed by atoms with Gasteiger partial charge in [0.2, 0.25) is 11.0 Å². The molecule has 0 aliphatic rings. The summed E-state index contributed by atoms with van der Waals surface area (Å²) in [6, 6.07) is 18.7. The first-order valence-corrected chi connectivity index (χ1v) is 11.7. The molecule has 0 saturated carbocycles. The number of amides is 1. The Morgan fingerprint density at radius 1 is 1.00 bits per heavy atom. The summed E-state index contributed by atoms with van der Waals surface area (Å²) < 4.78 is 24.3. The number of carbonyl (C=O) groups is 1. The lowest BCUT2D eigenvalue weighted by atomic mass is 10.2. The van der Waals surface area contributed by atoms with E-state index in [0.717, 1.165) is 9.90 Å². The smallest absolute Gasteiger partial charge is 0.241 e. The second-order valence-electron chi connectivity index (χ2n) is 5.67. The molecule has 0 radical (unpaired) electrons. The number of hydrogen-bond donors (Lipinski definition) is 1. The van der Waals surface area contributed by atoms with E-state index in [9.17, 15) is 13.2 Å². The van der Waals surface area contributed by atoms with Crippen molar-refractivity contribution in [2.24, 2.45) is 0 Å². The largest absolute Gasteiger partial charge is 0.300 e. The van der Waals surface area contributed by atoms with Gasteiger partial charge in [-0.15, -0.1) is 22.0 Å². The van der Waals surface area contributed by atoms with Gasteiger partial charge in [-0.2, -0.15) is 0 Å². The first-order chi connectivity index (χ1) is 13.0. The van der Waals surface area contributed by atoms with Gasteiger partial charge in [-0.05, 0) is 17.7 Å². The second kappa shape index (κ2) is 9.12. The lowest BCUT2D eigenvalue weighted by molar-refractivity contribution is -0.113. The average Bonchev–Trinajstić information content (AvgIpc) is 3.08. The lowest BCUT2D eigenvalue weighted by Gasteiger charge is -2.04. The fraction of sp³-hybridized carbons (Fsp3) is 0.167. The zero-order chi connectivity index (χ0) is 19.1. The van der Waals surface area contributed by atoms with E-state index < -0.39 is 21.5 Å². The summed E-state index contributed by atoms with van der Waals surface area (Å²) in [4.78, 5) is 13.2. The molecule has 140 valence electrons. The van der Waals surface area contributed by atoms with Crippen molar-refractivity contribution in [2.45, 2.75) is 16.4 Å². The molecule has 0 spiro atoms. The average molecular weight is 420 g/mol. The molecule has 0 aliphatic carbocycles. The van der Waals surface area contributed by atoms with Crippen LogP contribution >= 0.6 is 23.1 Å². The third-order valence-electron chi connectivity index (χ3n) is 3.40. The summed E-state index contributed by atoms with van der Waals surface area (Å²) in [5, 5.41) is 11.5. The van der Waals surface area contributed by atoms with Gasteiger partial charge in [0.15, 0.2) is 9.84 Å². The molecule has 0 bridgehead atoms. The molecule has 0 unspecified atom stereocenters. The standard InChI is InChI=1S/C18H17N3O3S3/c22-16(13-27(23,24)12-14-7-3-1-4-8-14)19-18-21-20-17(26-18)11-25-15-9-5-2-6-10-15/h1-10H,11-13H2,(H,19,21,22). The quantitative estimate of drug-likeness (QED) is 0.563. The van der Waals surface area contributed by atoms with Crippen molar-refractivity contribution >= 4 is 44.0 Å². The first-order valence-electron chi connectivity index (χ1n) is 8.05. The van der Waals surface area contributed by atoms with Crippen LogP contribution in [-0.2, 0) is 26.1 Å². The van der Waals surface area contributed by atoms with Crippen LogP contribution in [0.1, 0.15) is 10.6 Å². The summed E-state index contributed by atoms with van der Waals surface area (Å²) in [5.41, 5.74) is 0.654. The molecule has 2 aromatic carbocycles. The van der Waals surface area contributed by atoms with Crippen molar-refractivity contribution < 1.29 is 13.2 Å². The van der Waals surface area contributed by atoms with Gasteiger partial charge in [-0.25, -0.2) is 8.42 Å². The van der Waals surface area contributed by atoms with E-state index in [1.807, 2.05) is 36.4 Å². The highest BCUT2D eigenvalue weighted by Gasteiger charge is 2.18. The Morgan fingerprint density at radius 3 is 2.37 bits per heavy atom. The number of benzene rings is 2. The number of aromatic nitrogens is 2. The van der Waals surface area contributed by atoms with Crippen molar-refractivity contribution in [2.75, 3.05) is 11.1 Å². The highest BCUT2D eigenvalue weighted by atomic mass is 32.2. The number of rotatable bonds is 8. The molecular weight excluding hydrogens is 402 g/mol. The molecule has 9 heteroatoms. The van der Waals surface area contributed by atoms with E-state index >= 15 is 0 Å². The first kappa shape index (κ1) is 19.5. The minimum absolute atomic E-state index is 0.170. The molecule has 3 rings (SSSR count). The van der Waals surface area contributed by atoms with Crippen LogP contribution in [0.5, 0.6) is 0 Å². The van der Waals surface area contributed by atoms with Gasteiger partial charge in [0.05, 0.1) is 11.5 Å². The molecule has 0 atom stereocenters. The zero-order valence-electron chi connectivity index (χ0n) is 14.2. The molecule has 0 fully saturated rings. The summed E-state index contributed by atoms with van der Waals surface area (Å²) in [6.07, 6.45) is 0. The van der Waals surface area contributed by atoms with Crippen LogP contribution in [0.2, 0.25) is 0 Å². The lowest BCUT2D eigenvalue weighted by Crippen LogP contribution is -2.23. The normalized spacial score (nSPS) is 11.3. The summed E-state index contributed by atoms with van der Waals surface area (Å²) >= 11 is 2.86. The van der Waals surface area contributed by atoms with Crippen molar-refractivity contribution in [3.8, 4) is 0 Å². The Balaban J connectivity index is 1.51. The highest BCUT2D eigenvalue weighted by Crippen LogP contribution is 2.25. The maximum absolute atomic E-state index is 12.2. The van der Waals surface area contributed by atoms with Crippen molar-refractivity contribution in [3.05, 3.63) is 71.2 Å². The second-order valence-corrected chi connectivity index (χ2v) is 9.84. The van der Waals surface area contributed by atoms with Crippen molar-refractivity contribution in [3.63, 3.8) is 0 Å². The third-order valence-corrected chi connectivity index (χ3v) is 6.92. The number of carbonyl (C=O) groups excluding carboxylic acids is 1. The van der Waals surface area contributed by atoms with Gasteiger partial charge in [0, 0.05) is 4.90 Å². The van der Waals surface area contributed by atoms with E-state index in [1.165, 1.54) is 11.3 Å². The summed E-state index contributed by atoms with van der Waals surface area (Å²) in [5.74, 6) is -0.736. The maximum Gasteiger partial charge on any atom is 0.241 e. The van der Waals surface area contributed by atoms with Crippen LogP contribution in [-0.4, -0.2) is 30.3 Å². The topological polar surface area (TPSA) is 89.0 Å². The van der Waals surface area contributed by atoms with Gasteiger partial charge in [0.1, 0.15) is 10.8 Å². The number of nitrogens with zero attached hydrogens (tertiary/aromatic N) is 2. The molecule has 0 aliphatic heterocycles. The van der Waals surface area contributed by atoms with Crippen LogP contribution in [0.3, 0.4) is 0 Å². The Kier molecular flexibility index (Phi) is 6.59. The SMILES string of the molecule is O=C(CS(=O)(=O)Cc1ccccc1)Nc1nnc(CSc2ccccc2)s1. The maximum atomic E-state index is 12.2. The van der Waals surface area contributed by atoms with Crippen LogP contribution in [0.25, 0.3) is 0 Å². The van der Waals surface area contributed by atoms with E-state index in [2.05, 4.69) is 15.5 Å². The fourth-order valence-electron chi connectivity index (χ4n) is 2.26. The van der Waals surface area contributed by atoms with Crippen LogP contribution in [0.4, 0.5) is 5.13 Å². The predicted octanol–water partition coefficient (Wildman–Crippen LogP) is 3.38. The number of sulfone groups is 1. The molecule has 3 aromatic rings. The molecule has 1 amide bonds. The Morgan fingerprint density at radius 2 is 1.67 bits per heavy atom. The third kappa shape index (κ3) is 6.46. The molecule has 1 N–H and O–H groups in total. The van der Waals surface area contributed by atoms with E-state index in [0.29, 0.717) is 16.4 Å². The number of nitrogens with one attached hydrogen (secondary N) is 1. The van der Waals surface area contributed by atoms with Crippen LogP contribution in [0.15, 0.2) is 65.6 Å². The predicted molar refractivity (Wildman–Crippen MR) is 108 cm³/mol. The summed E-state index contributed by atoms with van der Waals surface area (Å²) in [6.45, 7) is 0. The molecule has 1 aromatic heterocycles. The number of hydrogen-bond acceptors (Lipinski definition) is 7. The van der Waals surface area contributed by atoms with E-state index in [-0.39, 0.29) is 5.75 Å². The molecule has 1 heterocycles. The van der Waals surface area contributed by atoms with E-state index in [4.69, 9.17) is 0 Å². The highest BCUT2D eigenvalue weighted by molar-refractivity contribution is 7.98. The van der Waals surface area contributed by atoms with Gasteiger partial charge in [-0.1, -0.05) is 59.9 Å². The van der Waals surface area contributed by atoms with Crippen LogP contribution in [0, 0.1) is 0 Å². The van der Waals surface area contributed by atoms with Gasteiger partial charge in [0.25, 0.3) is 0 Å². The van der Waals surface area contributed by atoms with Gasteiger partial charge >= 0.3 is 0 Å². The Hall–Kier alpha value is -2.23.